The van der Waals surface area contributed by atoms with Crippen molar-refractivity contribution >= 4 is 29.3 Å². The molecule has 34 heavy (non-hydrogen) atoms. The Labute approximate surface area is 206 Å². The van der Waals surface area contributed by atoms with Crippen LogP contribution >= 0.6 is 11.3 Å². The van der Waals surface area contributed by atoms with Crippen LogP contribution in [0.4, 0.5) is 0 Å². The third-order valence-corrected chi connectivity index (χ3v) is 7.33. The van der Waals surface area contributed by atoms with Crippen molar-refractivity contribution in [1.29, 1.82) is 0 Å². The number of amides is 1. The predicted octanol–water partition coefficient (Wildman–Crippen LogP) is 5.51. The molecule has 3 atom stereocenters. The zero-order valence-electron chi connectivity index (χ0n) is 20.1. The molecule has 1 aromatic heterocycles. The van der Waals surface area contributed by atoms with E-state index in [-0.39, 0.29) is 23.8 Å². The molecule has 1 N–H and O–H groups in total. The van der Waals surface area contributed by atoms with Crippen LogP contribution in [0.5, 0.6) is 0 Å². The number of hydrogen-bond acceptors (Lipinski definition) is 5. The van der Waals surface area contributed by atoms with Crippen LogP contribution in [0.1, 0.15) is 59.1 Å². The maximum Gasteiger partial charge on any atom is 0.348 e. The minimum atomic E-state index is -0.507. The zero-order valence-corrected chi connectivity index (χ0v) is 20.9. The number of aliphatic hydroxyl groups excluding tert-OH is 1. The lowest BCUT2D eigenvalue weighted by molar-refractivity contribution is -0.127. The molecule has 1 aliphatic rings. The first kappa shape index (κ1) is 25.9. The SMILES string of the molecule is COC(=O)c1ccc(C=CCN2C(=O)CCC2C=C[C@@H](O)[C@@H](C)CCCCc2ccccc2)s1. The zero-order chi connectivity index (χ0) is 24.3. The number of benzene rings is 1. The minimum Gasteiger partial charge on any atom is -0.465 e. The number of rotatable bonds is 12. The van der Waals surface area contributed by atoms with Gasteiger partial charge in [0.05, 0.1) is 19.3 Å². The van der Waals surface area contributed by atoms with E-state index in [2.05, 4.69) is 31.2 Å². The van der Waals surface area contributed by atoms with E-state index < -0.39 is 6.10 Å². The van der Waals surface area contributed by atoms with E-state index in [1.165, 1.54) is 24.0 Å². The second-order valence-electron chi connectivity index (χ2n) is 8.83. The molecule has 1 amide bonds. The Balaban J connectivity index is 1.44. The number of thiophene rings is 1. The van der Waals surface area contributed by atoms with Crippen LogP contribution in [0.15, 0.2) is 60.7 Å². The summed E-state index contributed by atoms with van der Waals surface area (Å²) in [5.41, 5.74) is 1.36. The summed E-state index contributed by atoms with van der Waals surface area (Å²) in [6.07, 6.45) is 12.8. The molecule has 0 saturated carbocycles. The molecule has 0 bridgehead atoms. The Hall–Kier alpha value is -2.70. The van der Waals surface area contributed by atoms with Gasteiger partial charge in [-0.2, -0.15) is 0 Å². The molecular formula is C28H35NO4S. The van der Waals surface area contributed by atoms with E-state index in [9.17, 15) is 14.7 Å². The van der Waals surface area contributed by atoms with Crippen molar-refractivity contribution < 1.29 is 19.4 Å². The Morgan fingerprint density at radius 2 is 2.03 bits per heavy atom. The number of aryl methyl sites for hydroxylation is 1. The first-order chi connectivity index (χ1) is 16.5. The summed E-state index contributed by atoms with van der Waals surface area (Å²) in [6.45, 7) is 2.59. The van der Waals surface area contributed by atoms with Crippen molar-refractivity contribution in [3.05, 3.63) is 76.0 Å². The van der Waals surface area contributed by atoms with Crippen LogP contribution in [-0.2, 0) is 16.0 Å². The highest BCUT2D eigenvalue weighted by Gasteiger charge is 2.28. The Morgan fingerprint density at radius 1 is 1.24 bits per heavy atom. The summed E-state index contributed by atoms with van der Waals surface area (Å²) < 4.78 is 4.74. The van der Waals surface area contributed by atoms with Gasteiger partial charge in [-0.15, -0.1) is 11.3 Å². The average Bonchev–Trinajstić information content (AvgIpc) is 3.47. The normalized spacial score (nSPS) is 18.1. The van der Waals surface area contributed by atoms with Crippen LogP contribution in [-0.4, -0.2) is 47.7 Å². The standard InChI is InChI=1S/C28H35NO4S/c1-21(9-6-7-12-22-10-4-3-5-11-22)25(30)17-14-23-15-19-27(31)29(23)20-8-13-24-16-18-26(34-24)28(32)33-2/h3-5,8,10-11,13-14,16-18,21,23,25,30H,6-7,9,12,15,19-20H2,1-2H3/t21-,23?,25+/m0/s1. The van der Waals surface area contributed by atoms with Gasteiger partial charge in [0.1, 0.15) is 4.88 Å². The molecule has 2 aromatic rings. The van der Waals surface area contributed by atoms with Gasteiger partial charge in [-0.05, 0) is 55.4 Å². The summed E-state index contributed by atoms with van der Waals surface area (Å²) in [5.74, 6) is -0.0296. The third-order valence-electron chi connectivity index (χ3n) is 6.30. The number of carbonyl (C=O) groups is 2. The van der Waals surface area contributed by atoms with Gasteiger partial charge in [-0.3, -0.25) is 4.79 Å². The van der Waals surface area contributed by atoms with Gasteiger partial charge in [-0.1, -0.05) is 61.9 Å². The quantitative estimate of drug-likeness (QED) is 0.247. The van der Waals surface area contributed by atoms with Crippen molar-refractivity contribution in [1.82, 2.24) is 4.90 Å². The van der Waals surface area contributed by atoms with Gasteiger partial charge >= 0.3 is 5.97 Å². The highest BCUT2D eigenvalue weighted by molar-refractivity contribution is 7.14. The Bertz CT molecular complexity index is 981. The van der Waals surface area contributed by atoms with E-state index in [0.717, 1.165) is 37.0 Å². The summed E-state index contributed by atoms with van der Waals surface area (Å²) >= 11 is 1.36. The van der Waals surface area contributed by atoms with Crippen LogP contribution in [0.3, 0.4) is 0 Å². The highest BCUT2D eigenvalue weighted by atomic mass is 32.1. The van der Waals surface area contributed by atoms with Gasteiger partial charge in [-0.25, -0.2) is 4.79 Å². The van der Waals surface area contributed by atoms with Gasteiger partial charge in [0.15, 0.2) is 0 Å². The molecule has 3 rings (SSSR count). The van der Waals surface area contributed by atoms with Gasteiger partial charge in [0, 0.05) is 17.8 Å². The molecule has 182 valence electrons. The number of unbranched alkanes of at least 4 members (excludes halogenated alkanes) is 1. The molecule has 6 heteroatoms. The fraction of sp³-hybridized carbons (Fsp3) is 0.429. The molecule has 0 spiro atoms. The third kappa shape index (κ3) is 7.67. The van der Waals surface area contributed by atoms with Crippen molar-refractivity contribution in [3.8, 4) is 0 Å². The van der Waals surface area contributed by atoms with Gasteiger partial charge < -0.3 is 14.7 Å². The van der Waals surface area contributed by atoms with Gasteiger partial charge in [0.2, 0.25) is 5.91 Å². The number of aliphatic hydroxyl groups is 1. The van der Waals surface area contributed by atoms with E-state index in [4.69, 9.17) is 4.74 Å². The van der Waals surface area contributed by atoms with E-state index in [1.807, 2.05) is 41.3 Å². The summed E-state index contributed by atoms with van der Waals surface area (Å²) in [4.78, 5) is 27.3. The summed E-state index contributed by atoms with van der Waals surface area (Å²) in [6, 6.07) is 14.1. The van der Waals surface area contributed by atoms with Crippen molar-refractivity contribution in [3.63, 3.8) is 0 Å². The molecule has 2 heterocycles. The largest absolute Gasteiger partial charge is 0.465 e. The number of likely N-dealkylation sites (tertiary alicyclic amines) is 1. The molecule has 5 nitrogen and oxygen atoms in total. The lowest BCUT2D eigenvalue weighted by atomic mass is 9.95. The molecule has 1 aromatic carbocycles. The topological polar surface area (TPSA) is 66.8 Å². The number of ether oxygens (including phenoxy) is 1. The smallest absolute Gasteiger partial charge is 0.348 e. The molecule has 1 saturated heterocycles. The van der Waals surface area contributed by atoms with Crippen molar-refractivity contribution in [2.75, 3.05) is 13.7 Å². The maximum absolute atomic E-state index is 12.4. The molecule has 1 unspecified atom stereocenters. The second-order valence-corrected chi connectivity index (χ2v) is 9.95. The first-order valence-corrected chi connectivity index (χ1v) is 12.8. The number of carbonyl (C=O) groups excluding carboxylic acids is 2. The fourth-order valence-corrected chi connectivity index (χ4v) is 5.03. The molecule has 0 radical (unpaired) electrons. The van der Waals surface area contributed by atoms with Crippen LogP contribution < -0.4 is 0 Å². The summed E-state index contributed by atoms with van der Waals surface area (Å²) in [7, 11) is 1.37. The number of esters is 1. The lowest BCUT2D eigenvalue weighted by Gasteiger charge is -2.22. The van der Waals surface area contributed by atoms with E-state index >= 15 is 0 Å². The summed E-state index contributed by atoms with van der Waals surface area (Å²) in [5, 5.41) is 10.6. The van der Waals surface area contributed by atoms with E-state index in [0.29, 0.717) is 17.8 Å². The average molecular weight is 482 g/mol. The number of nitrogens with zero attached hydrogens (tertiary/aromatic N) is 1. The first-order valence-electron chi connectivity index (χ1n) is 12.0. The van der Waals surface area contributed by atoms with Crippen molar-refractivity contribution in [2.24, 2.45) is 5.92 Å². The monoisotopic (exact) mass is 481 g/mol. The Kier molecular flexibility index (Phi) is 10.1. The highest BCUT2D eigenvalue weighted by Crippen LogP contribution is 2.23. The minimum absolute atomic E-state index is 0.00560. The van der Waals surface area contributed by atoms with E-state index in [1.54, 1.807) is 6.07 Å². The van der Waals surface area contributed by atoms with Crippen LogP contribution in [0.25, 0.3) is 6.08 Å². The molecule has 1 aliphatic heterocycles. The van der Waals surface area contributed by atoms with Gasteiger partial charge in [0.25, 0.3) is 0 Å². The Morgan fingerprint density at radius 3 is 2.79 bits per heavy atom. The predicted molar refractivity (Wildman–Crippen MR) is 138 cm³/mol. The number of methoxy groups -OCH3 is 1. The lowest BCUT2D eigenvalue weighted by Crippen LogP contribution is -2.32. The fourth-order valence-electron chi connectivity index (χ4n) is 4.17. The maximum atomic E-state index is 12.4. The molecule has 1 fully saturated rings. The number of hydrogen-bond donors (Lipinski definition) is 1. The second kappa shape index (κ2) is 13.3. The van der Waals surface area contributed by atoms with Crippen LogP contribution in [0, 0.1) is 5.92 Å². The molecular weight excluding hydrogens is 446 g/mol. The van der Waals surface area contributed by atoms with Crippen molar-refractivity contribution in [2.45, 2.75) is 57.6 Å². The molecule has 0 aliphatic carbocycles. The van der Waals surface area contributed by atoms with Crippen LogP contribution in [0.2, 0.25) is 0 Å².